The fraction of sp³-hybridized carbons (Fsp3) is 0.625. The van der Waals surface area contributed by atoms with Gasteiger partial charge in [-0.2, -0.15) is 0 Å². The Kier molecular flexibility index (Phi) is 6.15. The number of nitrogens with one attached hydrogen (secondary N) is 1. The molecule has 3 heteroatoms. The maximum Gasteiger partial charge on any atom is 0.0406 e. The zero-order chi connectivity index (χ0) is 13.5. The third kappa shape index (κ3) is 4.79. The van der Waals surface area contributed by atoms with E-state index >= 15 is 0 Å². The summed E-state index contributed by atoms with van der Waals surface area (Å²) in [6.45, 7) is 7.03. The molecule has 1 fully saturated rings. The van der Waals surface area contributed by atoms with Gasteiger partial charge in [-0.3, -0.25) is 0 Å². The van der Waals surface area contributed by atoms with Crippen LogP contribution in [0.3, 0.4) is 0 Å². The van der Waals surface area contributed by atoms with Gasteiger partial charge in [-0.05, 0) is 50.0 Å². The van der Waals surface area contributed by atoms with E-state index in [-0.39, 0.29) is 0 Å². The van der Waals surface area contributed by atoms with Gasteiger partial charge in [-0.25, -0.2) is 0 Å². The number of hydrogen-bond acceptors (Lipinski definition) is 2. The Morgan fingerprint density at radius 3 is 2.47 bits per heavy atom. The molecule has 0 saturated carbocycles. The lowest BCUT2D eigenvalue weighted by Crippen LogP contribution is -2.36. The average molecular weight is 281 g/mol. The Balaban J connectivity index is 1.77. The predicted molar refractivity (Wildman–Crippen MR) is 82.8 cm³/mol. The van der Waals surface area contributed by atoms with Crippen LogP contribution in [-0.2, 0) is 0 Å². The van der Waals surface area contributed by atoms with Crippen LogP contribution < -0.4 is 5.32 Å². The van der Waals surface area contributed by atoms with E-state index in [1.54, 1.807) is 0 Å². The van der Waals surface area contributed by atoms with Crippen molar-refractivity contribution in [3.63, 3.8) is 0 Å². The van der Waals surface area contributed by atoms with Gasteiger partial charge in [0.25, 0.3) is 0 Å². The van der Waals surface area contributed by atoms with E-state index in [0.29, 0.717) is 6.04 Å². The first-order valence-corrected chi connectivity index (χ1v) is 7.88. The Morgan fingerprint density at radius 1 is 1.16 bits per heavy atom. The van der Waals surface area contributed by atoms with Crippen LogP contribution in [0.5, 0.6) is 0 Å². The first kappa shape index (κ1) is 14.8. The summed E-state index contributed by atoms with van der Waals surface area (Å²) in [6, 6.07) is 8.66. The lowest BCUT2D eigenvalue weighted by atomic mass is 10.0. The van der Waals surface area contributed by atoms with E-state index in [1.165, 1.54) is 44.5 Å². The fourth-order valence-electron chi connectivity index (χ4n) is 2.77. The summed E-state index contributed by atoms with van der Waals surface area (Å²) in [4.78, 5) is 2.57. The number of rotatable bonds is 6. The largest absolute Gasteiger partial charge is 0.309 e. The predicted octanol–water partition coefficient (Wildman–Crippen LogP) is 3.87. The molecular weight excluding hydrogens is 256 g/mol. The Labute approximate surface area is 122 Å². The van der Waals surface area contributed by atoms with E-state index in [2.05, 4.69) is 29.3 Å². The Hall–Kier alpha value is -0.570. The third-order valence-corrected chi connectivity index (χ3v) is 4.20. The minimum absolute atomic E-state index is 0.446. The van der Waals surface area contributed by atoms with Crippen molar-refractivity contribution in [2.75, 3.05) is 26.2 Å². The van der Waals surface area contributed by atoms with Gasteiger partial charge in [0.1, 0.15) is 0 Å². The van der Waals surface area contributed by atoms with Crippen molar-refractivity contribution in [3.05, 3.63) is 34.9 Å². The quantitative estimate of drug-likeness (QED) is 0.851. The molecule has 1 N–H and O–H groups in total. The molecule has 0 radical (unpaired) electrons. The van der Waals surface area contributed by atoms with Crippen LogP contribution in [0.25, 0.3) is 0 Å². The second kappa shape index (κ2) is 7.88. The van der Waals surface area contributed by atoms with Crippen LogP contribution in [0.15, 0.2) is 24.3 Å². The number of piperidine rings is 1. The molecule has 1 aliphatic heterocycles. The van der Waals surface area contributed by atoms with Crippen molar-refractivity contribution in [1.29, 1.82) is 0 Å². The van der Waals surface area contributed by atoms with Gasteiger partial charge in [0, 0.05) is 24.2 Å². The molecule has 1 heterocycles. The monoisotopic (exact) mass is 280 g/mol. The molecule has 106 valence electrons. The number of halogens is 1. The summed E-state index contributed by atoms with van der Waals surface area (Å²) in [5.74, 6) is 0. The maximum absolute atomic E-state index is 5.94. The summed E-state index contributed by atoms with van der Waals surface area (Å²) in [5.41, 5.74) is 1.34. The molecule has 19 heavy (non-hydrogen) atoms. The van der Waals surface area contributed by atoms with Gasteiger partial charge in [0.05, 0.1) is 0 Å². The Bertz CT molecular complexity index is 358. The van der Waals surface area contributed by atoms with Crippen molar-refractivity contribution in [2.45, 2.75) is 38.6 Å². The van der Waals surface area contributed by atoms with Crippen LogP contribution >= 0.6 is 11.6 Å². The molecule has 1 atom stereocenters. The minimum Gasteiger partial charge on any atom is -0.309 e. The van der Waals surface area contributed by atoms with Gasteiger partial charge < -0.3 is 10.2 Å². The molecule has 1 saturated heterocycles. The van der Waals surface area contributed by atoms with Crippen LogP contribution in [0.1, 0.15) is 44.2 Å². The number of likely N-dealkylation sites (tertiary alicyclic amines) is 1. The van der Waals surface area contributed by atoms with E-state index in [0.717, 1.165) is 18.0 Å². The highest BCUT2D eigenvalue weighted by Gasteiger charge is 2.11. The highest BCUT2D eigenvalue weighted by Crippen LogP contribution is 2.19. The van der Waals surface area contributed by atoms with Gasteiger partial charge in [0.15, 0.2) is 0 Å². The summed E-state index contributed by atoms with van der Waals surface area (Å²) in [6.07, 6.45) is 5.26. The van der Waals surface area contributed by atoms with Gasteiger partial charge in [-0.1, -0.05) is 37.1 Å². The molecule has 1 aliphatic rings. The van der Waals surface area contributed by atoms with E-state index in [9.17, 15) is 0 Å². The molecule has 0 amide bonds. The maximum atomic E-state index is 5.94. The lowest BCUT2D eigenvalue weighted by molar-refractivity contribution is 0.226. The zero-order valence-corrected chi connectivity index (χ0v) is 12.6. The van der Waals surface area contributed by atoms with Gasteiger partial charge >= 0.3 is 0 Å². The second-order valence-electron chi connectivity index (χ2n) is 5.37. The second-order valence-corrected chi connectivity index (χ2v) is 5.81. The molecular formula is C16H25ClN2. The smallest absolute Gasteiger partial charge is 0.0406 e. The number of hydrogen-bond donors (Lipinski definition) is 1. The summed E-state index contributed by atoms with van der Waals surface area (Å²) >= 11 is 5.94. The van der Waals surface area contributed by atoms with E-state index in [1.807, 2.05) is 12.1 Å². The van der Waals surface area contributed by atoms with Crippen molar-refractivity contribution in [3.8, 4) is 0 Å². The van der Waals surface area contributed by atoms with Crippen molar-refractivity contribution in [2.24, 2.45) is 0 Å². The normalized spacial score (nSPS) is 18.4. The average Bonchev–Trinajstić information content (AvgIpc) is 2.46. The summed E-state index contributed by atoms with van der Waals surface area (Å²) in [5, 5.41) is 4.48. The van der Waals surface area contributed by atoms with Crippen molar-refractivity contribution < 1.29 is 0 Å². The minimum atomic E-state index is 0.446. The zero-order valence-electron chi connectivity index (χ0n) is 11.9. The van der Waals surface area contributed by atoms with Gasteiger partial charge in [0.2, 0.25) is 0 Å². The first-order chi connectivity index (χ1) is 9.29. The molecule has 0 aromatic heterocycles. The van der Waals surface area contributed by atoms with E-state index < -0.39 is 0 Å². The first-order valence-electron chi connectivity index (χ1n) is 7.51. The van der Waals surface area contributed by atoms with Crippen LogP contribution in [0.2, 0.25) is 5.02 Å². The number of benzene rings is 1. The molecule has 2 rings (SSSR count). The number of nitrogens with zero attached hydrogens (tertiary/aromatic N) is 1. The van der Waals surface area contributed by atoms with Gasteiger partial charge in [-0.15, -0.1) is 0 Å². The highest BCUT2D eigenvalue weighted by molar-refractivity contribution is 6.30. The third-order valence-electron chi connectivity index (χ3n) is 3.95. The summed E-state index contributed by atoms with van der Waals surface area (Å²) < 4.78 is 0. The van der Waals surface area contributed by atoms with Crippen molar-refractivity contribution in [1.82, 2.24) is 10.2 Å². The van der Waals surface area contributed by atoms with Crippen molar-refractivity contribution >= 4 is 11.6 Å². The molecule has 1 unspecified atom stereocenters. The highest BCUT2D eigenvalue weighted by atomic mass is 35.5. The molecule has 0 spiro atoms. The molecule has 1 aromatic carbocycles. The fourth-order valence-corrected chi connectivity index (χ4v) is 2.90. The van der Waals surface area contributed by atoms with Crippen LogP contribution in [0.4, 0.5) is 0 Å². The van der Waals surface area contributed by atoms with E-state index in [4.69, 9.17) is 11.6 Å². The molecule has 1 aromatic rings. The van der Waals surface area contributed by atoms with Crippen LogP contribution in [-0.4, -0.2) is 31.1 Å². The Morgan fingerprint density at radius 2 is 1.84 bits per heavy atom. The summed E-state index contributed by atoms with van der Waals surface area (Å²) in [7, 11) is 0. The molecule has 0 bridgehead atoms. The van der Waals surface area contributed by atoms with Crippen LogP contribution in [0, 0.1) is 0 Å². The standard InChI is InChI=1S/C16H25ClN2/c1-2-16(14-6-8-15(17)9-7-14)18-10-13-19-11-4-3-5-12-19/h6-9,16,18H,2-5,10-13H2,1H3. The molecule has 0 aliphatic carbocycles. The lowest BCUT2D eigenvalue weighted by Gasteiger charge is -2.27. The SMILES string of the molecule is CCC(NCCN1CCCCC1)c1ccc(Cl)cc1. The topological polar surface area (TPSA) is 15.3 Å². The molecule has 2 nitrogen and oxygen atoms in total.